The Bertz CT molecular complexity index is 274. The highest BCUT2D eigenvalue weighted by Gasteiger charge is 2.03. The van der Waals surface area contributed by atoms with E-state index in [1.165, 1.54) is 11.3 Å². The first-order chi connectivity index (χ1) is 5.72. The fourth-order valence-electron chi connectivity index (χ4n) is 0.685. The Morgan fingerprint density at radius 2 is 2.50 bits per heavy atom. The number of nitrogens with zero attached hydrogens (tertiary/aromatic N) is 1. The zero-order valence-electron chi connectivity index (χ0n) is 6.15. The molecule has 0 aromatic carbocycles. The largest absolute Gasteiger partial charge is 0.465 e. The van der Waals surface area contributed by atoms with E-state index >= 15 is 0 Å². The molecular formula is C6H8N2O3S. The molecule has 0 radical (unpaired) electrons. The van der Waals surface area contributed by atoms with E-state index in [4.69, 9.17) is 10.2 Å². The molecule has 0 bridgehead atoms. The molecule has 1 amide bonds. The SMILES string of the molecule is O=C(O)Nc1nc(CCO)cs1. The lowest BCUT2D eigenvalue weighted by Gasteiger charge is -1.91. The standard InChI is InChI=1S/C6H8N2O3S/c9-2-1-4-3-12-5(7-4)8-6(10)11/h3,9H,1-2H2,(H,7,8)(H,10,11). The number of hydrogen-bond donors (Lipinski definition) is 3. The maximum Gasteiger partial charge on any atom is 0.410 e. The minimum atomic E-state index is -1.13. The van der Waals surface area contributed by atoms with Crippen LogP contribution in [0, 0.1) is 0 Å². The minimum absolute atomic E-state index is 0.0241. The molecule has 0 unspecified atom stereocenters. The second-order valence-electron chi connectivity index (χ2n) is 2.05. The molecule has 3 N–H and O–H groups in total. The molecular weight excluding hydrogens is 180 g/mol. The maximum absolute atomic E-state index is 10.1. The van der Waals surface area contributed by atoms with E-state index in [0.717, 1.165) is 0 Å². The van der Waals surface area contributed by atoms with Crippen LogP contribution in [0.5, 0.6) is 0 Å². The molecule has 0 atom stereocenters. The second kappa shape index (κ2) is 4.03. The van der Waals surface area contributed by atoms with Crippen LogP contribution >= 0.6 is 11.3 Å². The van der Waals surface area contributed by atoms with Crippen LogP contribution in [0.3, 0.4) is 0 Å². The third-order valence-corrected chi connectivity index (χ3v) is 1.94. The number of carbonyl (C=O) groups is 1. The Morgan fingerprint density at radius 1 is 1.75 bits per heavy atom. The molecule has 12 heavy (non-hydrogen) atoms. The lowest BCUT2D eigenvalue weighted by molar-refractivity contribution is 0.209. The molecule has 1 aromatic rings. The summed E-state index contributed by atoms with van der Waals surface area (Å²) in [5.41, 5.74) is 0.700. The first kappa shape index (κ1) is 8.95. The number of amides is 1. The van der Waals surface area contributed by atoms with Crippen molar-refractivity contribution in [3.63, 3.8) is 0 Å². The molecule has 0 aliphatic heterocycles. The smallest absolute Gasteiger partial charge is 0.410 e. The van der Waals surface area contributed by atoms with Crippen LogP contribution in [0.2, 0.25) is 0 Å². The molecule has 0 saturated heterocycles. The van der Waals surface area contributed by atoms with Gasteiger partial charge in [0.15, 0.2) is 5.13 Å². The monoisotopic (exact) mass is 188 g/mol. The molecule has 1 heterocycles. The highest BCUT2D eigenvalue weighted by Crippen LogP contribution is 2.15. The highest BCUT2D eigenvalue weighted by molar-refractivity contribution is 7.13. The summed E-state index contributed by atoms with van der Waals surface area (Å²) in [6.45, 7) is 0.0241. The van der Waals surface area contributed by atoms with Gasteiger partial charge in [0, 0.05) is 18.4 Å². The third kappa shape index (κ3) is 2.48. The van der Waals surface area contributed by atoms with Gasteiger partial charge in [-0.05, 0) is 0 Å². The summed E-state index contributed by atoms with van der Waals surface area (Å²) in [7, 11) is 0. The fraction of sp³-hybridized carbons (Fsp3) is 0.333. The number of anilines is 1. The Kier molecular flexibility index (Phi) is 3.01. The molecule has 0 aliphatic carbocycles. The molecule has 1 aromatic heterocycles. The van der Waals surface area contributed by atoms with Crippen molar-refractivity contribution in [2.45, 2.75) is 6.42 Å². The zero-order valence-corrected chi connectivity index (χ0v) is 6.97. The number of rotatable bonds is 3. The van der Waals surface area contributed by atoms with E-state index in [-0.39, 0.29) is 6.61 Å². The van der Waals surface area contributed by atoms with Crippen LogP contribution in [-0.2, 0) is 6.42 Å². The molecule has 0 aliphatic rings. The van der Waals surface area contributed by atoms with Crippen molar-refractivity contribution in [1.29, 1.82) is 0 Å². The second-order valence-corrected chi connectivity index (χ2v) is 2.91. The Morgan fingerprint density at radius 3 is 3.08 bits per heavy atom. The Balaban J connectivity index is 2.58. The summed E-state index contributed by atoms with van der Waals surface area (Å²) in [6.07, 6.45) is -0.669. The van der Waals surface area contributed by atoms with Crippen molar-refractivity contribution in [2.75, 3.05) is 11.9 Å². The van der Waals surface area contributed by atoms with Gasteiger partial charge in [-0.2, -0.15) is 0 Å². The van der Waals surface area contributed by atoms with Crippen molar-refractivity contribution in [3.05, 3.63) is 11.1 Å². The minimum Gasteiger partial charge on any atom is -0.465 e. The third-order valence-electron chi connectivity index (χ3n) is 1.13. The normalized spacial score (nSPS) is 9.75. The molecule has 66 valence electrons. The average molecular weight is 188 g/mol. The summed E-state index contributed by atoms with van der Waals surface area (Å²) in [4.78, 5) is 14.0. The molecule has 0 fully saturated rings. The van der Waals surface area contributed by atoms with Crippen LogP contribution in [-0.4, -0.2) is 27.9 Å². The molecule has 0 spiro atoms. The number of carboxylic acid groups (broad SMARTS) is 1. The topological polar surface area (TPSA) is 82.5 Å². The lowest BCUT2D eigenvalue weighted by Crippen LogP contribution is -2.06. The van der Waals surface area contributed by atoms with Crippen LogP contribution < -0.4 is 5.32 Å². The van der Waals surface area contributed by atoms with Gasteiger partial charge in [-0.3, -0.25) is 5.32 Å². The van der Waals surface area contributed by atoms with Crippen molar-refractivity contribution in [1.82, 2.24) is 4.98 Å². The first-order valence-corrected chi connectivity index (χ1v) is 4.15. The molecule has 6 heteroatoms. The van der Waals surface area contributed by atoms with Crippen LogP contribution in [0.1, 0.15) is 5.69 Å². The predicted octanol–water partition coefficient (Wildman–Crippen LogP) is 0.768. The van der Waals surface area contributed by atoms with Gasteiger partial charge >= 0.3 is 6.09 Å². The summed E-state index contributed by atoms with van der Waals surface area (Å²) in [6, 6.07) is 0. The van der Waals surface area contributed by atoms with Crippen molar-refractivity contribution in [3.8, 4) is 0 Å². The number of nitrogens with one attached hydrogen (secondary N) is 1. The van der Waals surface area contributed by atoms with Crippen LogP contribution in [0.15, 0.2) is 5.38 Å². The summed E-state index contributed by atoms with van der Waals surface area (Å²) in [5.74, 6) is 0. The summed E-state index contributed by atoms with van der Waals surface area (Å²) < 4.78 is 0. The number of aromatic nitrogens is 1. The van der Waals surface area contributed by atoms with Crippen molar-refractivity contribution < 1.29 is 15.0 Å². The quantitative estimate of drug-likeness (QED) is 0.654. The van der Waals surface area contributed by atoms with Crippen molar-refractivity contribution >= 4 is 22.6 Å². The highest BCUT2D eigenvalue weighted by atomic mass is 32.1. The van der Waals surface area contributed by atoms with E-state index in [0.29, 0.717) is 17.2 Å². The summed E-state index contributed by atoms with van der Waals surface area (Å²) in [5, 5.41) is 21.0. The van der Waals surface area contributed by atoms with Crippen LogP contribution in [0.4, 0.5) is 9.93 Å². The maximum atomic E-state index is 10.1. The lowest BCUT2D eigenvalue weighted by atomic mass is 10.4. The van der Waals surface area contributed by atoms with Gasteiger partial charge in [-0.15, -0.1) is 11.3 Å². The van der Waals surface area contributed by atoms with Gasteiger partial charge in [-0.25, -0.2) is 9.78 Å². The molecule has 5 nitrogen and oxygen atoms in total. The summed E-state index contributed by atoms with van der Waals surface area (Å²) >= 11 is 1.20. The van der Waals surface area contributed by atoms with Gasteiger partial charge in [0.2, 0.25) is 0 Å². The zero-order chi connectivity index (χ0) is 8.97. The van der Waals surface area contributed by atoms with Gasteiger partial charge in [-0.1, -0.05) is 0 Å². The van der Waals surface area contributed by atoms with Gasteiger partial charge in [0.25, 0.3) is 0 Å². The molecule has 1 rings (SSSR count). The number of aliphatic hydroxyl groups is 1. The number of hydrogen-bond acceptors (Lipinski definition) is 4. The van der Waals surface area contributed by atoms with E-state index in [1.54, 1.807) is 5.38 Å². The van der Waals surface area contributed by atoms with E-state index in [1.807, 2.05) is 0 Å². The van der Waals surface area contributed by atoms with Crippen LogP contribution in [0.25, 0.3) is 0 Å². The number of thiazole rings is 1. The number of aliphatic hydroxyl groups excluding tert-OH is 1. The first-order valence-electron chi connectivity index (χ1n) is 3.27. The molecule has 0 saturated carbocycles. The van der Waals surface area contributed by atoms with E-state index in [9.17, 15) is 4.79 Å². The van der Waals surface area contributed by atoms with E-state index < -0.39 is 6.09 Å². The van der Waals surface area contributed by atoms with Crippen molar-refractivity contribution in [2.24, 2.45) is 0 Å². The average Bonchev–Trinajstić information content (AvgIpc) is 2.36. The van der Waals surface area contributed by atoms with Gasteiger partial charge in [0.05, 0.1) is 5.69 Å². The Labute approximate surface area is 72.7 Å². The van der Waals surface area contributed by atoms with E-state index in [2.05, 4.69) is 10.3 Å². The Hall–Kier alpha value is -1.14. The predicted molar refractivity (Wildman–Crippen MR) is 44.6 cm³/mol. The van der Waals surface area contributed by atoms with Gasteiger partial charge < -0.3 is 10.2 Å². The van der Waals surface area contributed by atoms with Gasteiger partial charge in [0.1, 0.15) is 0 Å². The fourth-order valence-corrected chi connectivity index (χ4v) is 1.42.